The van der Waals surface area contributed by atoms with Crippen molar-refractivity contribution in [3.8, 4) is 0 Å². The van der Waals surface area contributed by atoms with Gasteiger partial charge in [-0.05, 0) is 29.3 Å². The molecule has 0 aliphatic carbocycles. The Kier molecular flexibility index (Phi) is 6.46. The number of aliphatic hydroxyl groups excluding tert-OH is 1. The van der Waals surface area contributed by atoms with Crippen LogP contribution in [0.1, 0.15) is 26.7 Å². The van der Waals surface area contributed by atoms with Gasteiger partial charge < -0.3 is 5.11 Å². The van der Waals surface area contributed by atoms with Crippen molar-refractivity contribution in [2.24, 2.45) is 4.99 Å². The number of nitrogens with zero attached hydrogens (tertiary/aromatic N) is 1. The first-order chi connectivity index (χ1) is 5.24. The molecule has 0 fully saturated rings. The Bertz CT molecular complexity index is 163. The highest BCUT2D eigenvalue weighted by molar-refractivity contribution is 9.11. The van der Waals surface area contributed by atoms with Gasteiger partial charge in [0.1, 0.15) is 4.61 Å². The molecule has 0 aromatic rings. The summed E-state index contributed by atoms with van der Waals surface area (Å²) < 4.78 is 0.836. The third kappa shape index (κ3) is 5.16. The van der Waals surface area contributed by atoms with Crippen LogP contribution in [0.2, 0.25) is 0 Å². The van der Waals surface area contributed by atoms with Crippen LogP contribution in [0.4, 0.5) is 0 Å². The van der Waals surface area contributed by atoms with E-state index in [2.05, 4.69) is 20.9 Å². The molecule has 0 aromatic carbocycles. The molecule has 0 heterocycles. The van der Waals surface area contributed by atoms with E-state index in [1.165, 1.54) is 0 Å². The van der Waals surface area contributed by atoms with Crippen molar-refractivity contribution < 1.29 is 5.11 Å². The fourth-order valence-corrected chi connectivity index (χ4v) is 0.907. The van der Waals surface area contributed by atoms with Gasteiger partial charge in [-0.15, -0.1) is 0 Å². The lowest BCUT2D eigenvalue weighted by atomic mass is 10.2. The summed E-state index contributed by atoms with van der Waals surface area (Å²) in [6.45, 7) is 4.13. The molecule has 11 heavy (non-hydrogen) atoms. The number of rotatable bonds is 4. The van der Waals surface area contributed by atoms with E-state index in [0.717, 1.165) is 16.7 Å². The third-order valence-corrected chi connectivity index (χ3v) is 1.95. The van der Waals surface area contributed by atoms with E-state index >= 15 is 0 Å². The summed E-state index contributed by atoms with van der Waals surface area (Å²) in [6, 6.07) is 0. The van der Waals surface area contributed by atoms with E-state index in [-0.39, 0.29) is 6.61 Å². The summed E-state index contributed by atoms with van der Waals surface area (Å²) in [5, 5.41) is 8.64. The Morgan fingerprint density at radius 2 is 2.27 bits per heavy atom. The van der Waals surface area contributed by atoms with Crippen LogP contribution in [0.5, 0.6) is 0 Å². The number of aliphatic imine (C=N–C) groups is 1. The van der Waals surface area contributed by atoms with Gasteiger partial charge in [0, 0.05) is 18.7 Å². The van der Waals surface area contributed by atoms with E-state index in [4.69, 9.17) is 5.11 Å². The van der Waals surface area contributed by atoms with Crippen molar-refractivity contribution in [1.82, 2.24) is 0 Å². The molecule has 3 heteroatoms. The Balaban J connectivity index is 4.10. The van der Waals surface area contributed by atoms with Crippen LogP contribution in [-0.4, -0.2) is 17.4 Å². The normalized spacial score (nSPS) is 13.8. The smallest absolute Gasteiger partial charge is 0.101 e. The second-order valence-corrected chi connectivity index (χ2v) is 2.93. The molecule has 2 nitrogen and oxygen atoms in total. The van der Waals surface area contributed by atoms with Gasteiger partial charge in [-0.2, -0.15) is 0 Å². The highest BCUT2D eigenvalue weighted by Gasteiger charge is 1.94. The SMILES string of the molecule is C/C=C(Br)\N=C(/CC)CCO. The highest BCUT2D eigenvalue weighted by atomic mass is 79.9. The first-order valence-corrected chi connectivity index (χ1v) is 4.53. The van der Waals surface area contributed by atoms with Gasteiger partial charge in [0.2, 0.25) is 0 Å². The van der Waals surface area contributed by atoms with Gasteiger partial charge in [0.25, 0.3) is 0 Å². The minimum absolute atomic E-state index is 0.177. The largest absolute Gasteiger partial charge is 0.396 e. The topological polar surface area (TPSA) is 32.6 Å². The Morgan fingerprint density at radius 1 is 1.64 bits per heavy atom. The zero-order valence-electron chi connectivity index (χ0n) is 6.97. The van der Waals surface area contributed by atoms with Crippen LogP contribution < -0.4 is 0 Å². The fourth-order valence-electron chi connectivity index (χ4n) is 0.656. The third-order valence-electron chi connectivity index (χ3n) is 1.31. The summed E-state index contributed by atoms with van der Waals surface area (Å²) in [5.74, 6) is 0. The Hall–Kier alpha value is -0.150. The summed E-state index contributed by atoms with van der Waals surface area (Å²) in [7, 11) is 0. The van der Waals surface area contributed by atoms with Crippen LogP contribution in [-0.2, 0) is 0 Å². The van der Waals surface area contributed by atoms with Gasteiger partial charge in [-0.25, -0.2) is 0 Å². The number of aliphatic hydroxyl groups is 1. The molecule has 0 unspecified atom stereocenters. The molecular formula is C8H14BrNO. The van der Waals surface area contributed by atoms with Gasteiger partial charge in [-0.1, -0.05) is 13.0 Å². The van der Waals surface area contributed by atoms with Crippen molar-refractivity contribution in [2.75, 3.05) is 6.61 Å². The van der Waals surface area contributed by atoms with Crippen molar-refractivity contribution in [2.45, 2.75) is 26.7 Å². The molecule has 0 radical (unpaired) electrons. The van der Waals surface area contributed by atoms with Gasteiger partial charge in [0.05, 0.1) is 0 Å². The predicted molar refractivity (Wildman–Crippen MR) is 52.1 cm³/mol. The second kappa shape index (κ2) is 6.55. The molecule has 0 saturated heterocycles. The van der Waals surface area contributed by atoms with Gasteiger partial charge >= 0.3 is 0 Å². The zero-order chi connectivity index (χ0) is 8.69. The van der Waals surface area contributed by atoms with E-state index in [0.29, 0.717) is 6.42 Å². The van der Waals surface area contributed by atoms with Crippen molar-refractivity contribution >= 4 is 21.6 Å². The maximum absolute atomic E-state index is 8.64. The van der Waals surface area contributed by atoms with E-state index in [1.54, 1.807) is 0 Å². The molecular weight excluding hydrogens is 206 g/mol. The Morgan fingerprint density at radius 3 is 2.64 bits per heavy atom. The van der Waals surface area contributed by atoms with Crippen molar-refractivity contribution in [3.05, 3.63) is 10.7 Å². The highest BCUT2D eigenvalue weighted by Crippen LogP contribution is 2.08. The minimum atomic E-state index is 0.177. The van der Waals surface area contributed by atoms with E-state index in [9.17, 15) is 0 Å². The zero-order valence-corrected chi connectivity index (χ0v) is 8.56. The summed E-state index contributed by atoms with van der Waals surface area (Å²) in [5.41, 5.74) is 1.03. The molecule has 0 saturated carbocycles. The lowest BCUT2D eigenvalue weighted by molar-refractivity contribution is 0.306. The standard InChI is InChI=1S/C8H14BrNO/c1-3-7(5-6-11)10-8(9)4-2/h4,11H,3,5-6H2,1-2H3/b8-4-,10-7+. The molecule has 0 bridgehead atoms. The maximum atomic E-state index is 8.64. The summed E-state index contributed by atoms with van der Waals surface area (Å²) >= 11 is 3.28. The molecule has 0 aromatic heterocycles. The van der Waals surface area contributed by atoms with Gasteiger partial charge in [-0.3, -0.25) is 4.99 Å². The van der Waals surface area contributed by atoms with E-state index < -0.39 is 0 Å². The van der Waals surface area contributed by atoms with Crippen LogP contribution in [0, 0.1) is 0 Å². The molecule has 1 N–H and O–H groups in total. The number of hydrogen-bond acceptors (Lipinski definition) is 2. The molecule has 0 rings (SSSR count). The predicted octanol–water partition coefficient (Wildman–Crippen LogP) is 2.48. The molecule has 0 amide bonds. The fraction of sp³-hybridized carbons (Fsp3) is 0.625. The average Bonchev–Trinajstić information content (AvgIpc) is 2.03. The van der Waals surface area contributed by atoms with Crippen LogP contribution in [0.15, 0.2) is 15.7 Å². The first kappa shape index (κ1) is 10.8. The Labute approximate surface area is 76.2 Å². The average molecular weight is 220 g/mol. The molecule has 0 spiro atoms. The monoisotopic (exact) mass is 219 g/mol. The van der Waals surface area contributed by atoms with Crippen LogP contribution >= 0.6 is 15.9 Å². The van der Waals surface area contributed by atoms with Crippen molar-refractivity contribution in [1.29, 1.82) is 0 Å². The van der Waals surface area contributed by atoms with Crippen LogP contribution in [0.25, 0.3) is 0 Å². The first-order valence-electron chi connectivity index (χ1n) is 3.73. The van der Waals surface area contributed by atoms with Crippen LogP contribution in [0.3, 0.4) is 0 Å². The number of allylic oxidation sites excluding steroid dienone is 1. The minimum Gasteiger partial charge on any atom is -0.396 e. The second-order valence-electron chi connectivity index (χ2n) is 2.12. The molecule has 64 valence electrons. The number of halogens is 1. The lowest BCUT2D eigenvalue weighted by Gasteiger charge is -1.99. The van der Waals surface area contributed by atoms with Crippen molar-refractivity contribution in [3.63, 3.8) is 0 Å². The molecule has 0 aliphatic heterocycles. The molecule has 0 aliphatic rings. The summed E-state index contributed by atoms with van der Waals surface area (Å²) in [4.78, 5) is 4.24. The maximum Gasteiger partial charge on any atom is 0.101 e. The van der Waals surface area contributed by atoms with Gasteiger partial charge in [0.15, 0.2) is 0 Å². The number of hydrogen-bond donors (Lipinski definition) is 1. The lowest BCUT2D eigenvalue weighted by Crippen LogP contribution is -1.99. The quantitative estimate of drug-likeness (QED) is 0.572. The summed E-state index contributed by atoms with van der Waals surface area (Å²) in [6.07, 6.45) is 3.44. The molecule has 0 atom stereocenters. The van der Waals surface area contributed by atoms with E-state index in [1.807, 2.05) is 19.9 Å².